The van der Waals surface area contributed by atoms with E-state index in [2.05, 4.69) is 102 Å². The summed E-state index contributed by atoms with van der Waals surface area (Å²) in [6.07, 6.45) is 0. The van der Waals surface area contributed by atoms with E-state index < -0.39 is 0 Å². The molecule has 0 heteroatoms. The standard InChI is InChI=1S/C15H16.C5H12/c1-15(2,13-9-5-3-6-10-13)14-11-7-4-8-12-14;1-5(2,3)4/h3-12H,1-2H3;1-4H3. The van der Waals surface area contributed by atoms with Crippen LogP contribution in [0.1, 0.15) is 52.7 Å². The van der Waals surface area contributed by atoms with Gasteiger partial charge in [-0.2, -0.15) is 0 Å². The van der Waals surface area contributed by atoms with Crippen LogP contribution in [0.5, 0.6) is 0 Å². The van der Waals surface area contributed by atoms with Crippen molar-refractivity contribution in [3.8, 4) is 0 Å². The average molecular weight is 268 g/mol. The second kappa shape index (κ2) is 6.74. The Morgan fingerprint density at radius 2 is 0.750 bits per heavy atom. The van der Waals surface area contributed by atoms with Crippen molar-refractivity contribution in [2.24, 2.45) is 5.41 Å². The molecule has 0 spiro atoms. The van der Waals surface area contributed by atoms with Crippen molar-refractivity contribution in [3.63, 3.8) is 0 Å². The van der Waals surface area contributed by atoms with Crippen LogP contribution in [0.4, 0.5) is 0 Å². The zero-order valence-electron chi connectivity index (χ0n) is 13.8. The SMILES string of the molecule is CC(C)(C)C.CC(C)(c1ccccc1)c1ccccc1. The molecule has 0 amide bonds. The molecular formula is C20H28. The highest BCUT2D eigenvalue weighted by Crippen LogP contribution is 2.30. The maximum atomic E-state index is 2.26. The summed E-state index contributed by atoms with van der Waals surface area (Å²) in [5.41, 5.74) is 3.30. The molecule has 0 saturated heterocycles. The van der Waals surface area contributed by atoms with Crippen LogP contribution in [0.15, 0.2) is 60.7 Å². The number of benzene rings is 2. The molecule has 0 bridgehead atoms. The minimum absolute atomic E-state index is 0.0858. The number of hydrogen-bond donors (Lipinski definition) is 0. The minimum Gasteiger partial charge on any atom is -0.0622 e. The van der Waals surface area contributed by atoms with Gasteiger partial charge in [0, 0.05) is 5.41 Å². The largest absolute Gasteiger partial charge is 0.0622 e. The molecule has 0 aliphatic heterocycles. The van der Waals surface area contributed by atoms with Crippen LogP contribution in [0, 0.1) is 5.41 Å². The van der Waals surface area contributed by atoms with Crippen LogP contribution in [0.3, 0.4) is 0 Å². The first-order valence-electron chi connectivity index (χ1n) is 7.32. The Hall–Kier alpha value is -1.56. The minimum atomic E-state index is 0.0858. The van der Waals surface area contributed by atoms with Gasteiger partial charge in [0.1, 0.15) is 0 Å². The van der Waals surface area contributed by atoms with Gasteiger partial charge in [-0.1, -0.05) is 102 Å². The molecule has 2 aromatic rings. The van der Waals surface area contributed by atoms with E-state index in [1.165, 1.54) is 11.1 Å². The van der Waals surface area contributed by atoms with Crippen molar-refractivity contribution >= 4 is 0 Å². The molecule has 20 heavy (non-hydrogen) atoms. The van der Waals surface area contributed by atoms with E-state index in [1.54, 1.807) is 0 Å². The van der Waals surface area contributed by atoms with E-state index in [9.17, 15) is 0 Å². The fourth-order valence-corrected chi connectivity index (χ4v) is 1.88. The van der Waals surface area contributed by atoms with Gasteiger partial charge in [-0.05, 0) is 16.5 Å². The van der Waals surface area contributed by atoms with E-state index in [4.69, 9.17) is 0 Å². The van der Waals surface area contributed by atoms with Gasteiger partial charge in [0.2, 0.25) is 0 Å². The van der Waals surface area contributed by atoms with Gasteiger partial charge >= 0.3 is 0 Å². The van der Waals surface area contributed by atoms with Crippen molar-refractivity contribution in [2.75, 3.05) is 0 Å². The first kappa shape index (κ1) is 16.5. The molecule has 0 radical (unpaired) electrons. The molecule has 0 aromatic heterocycles. The molecule has 0 nitrogen and oxygen atoms in total. The zero-order valence-corrected chi connectivity index (χ0v) is 13.8. The van der Waals surface area contributed by atoms with Crippen molar-refractivity contribution in [2.45, 2.75) is 47.0 Å². The second-order valence-corrected chi connectivity index (χ2v) is 7.36. The number of rotatable bonds is 2. The summed E-state index contributed by atoms with van der Waals surface area (Å²) >= 11 is 0. The van der Waals surface area contributed by atoms with Crippen LogP contribution in [0.25, 0.3) is 0 Å². The van der Waals surface area contributed by atoms with Crippen LogP contribution in [-0.4, -0.2) is 0 Å². The van der Waals surface area contributed by atoms with Gasteiger partial charge in [-0.3, -0.25) is 0 Å². The van der Waals surface area contributed by atoms with E-state index in [-0.39, 0.29) is 5.41 Å². The monoisotopic (exact) mass is 268 g/mol. The Morgan fingerprint density at radius 1 is 0.500 bits per heavy atom. The highest BCUT2D eigenvalue weighted by Gasteiger charge is 2.21. The van der Waals surface area contributed by atoms with E-state index in [0.717, 1.165) is 0 Å². The van der Waals surface area contributed by atoms with E-state index in [0.29, 0.717) is 5.41 Å². The lowest BCUT2D eigenvalue weighted by Gasteiger charge is -2.25. The van der Waals surface area contributed by atoms with Crippen LogP contribution in [0.2, 0.25) is 0 Å². The van der Waals surface area contributed by atoms with E-state index >= 15 is 0 Å². The third-order valence-corrected chi connectivity index (χ3v) is 2.99. The maximum absolute atomic E-state index is 2.26. The fourth-order valence-electron chi connectivity index (χ4n) is 1.88. The average Bonchev–Trinajstić information content (AvgIpc) is 2.39. The summed E-state index contributed by atoms with van der Waals surface area (Å²) in [6.45, 7) is 13.3. The topological polar surface area (TPSA) is 0 Å². The highest BCUT2D eigenvalue weighted by molar-refractivity contribution is 5.36. The molecule has 0 saturated carbocycles. The molecular weight excluding hydrogens is 240 g/mol. The van der Waals surface area contributed by atoms with Gasteiger partial charge in [0.05, 0.1) is 0 Å². The molecule has 0 aliphatic rings. The molecule has 0 atom stereocenters. The van der Waals surface area contributed by atoms with Crippen LogP contribution >= 0.6 is 0 Å². The fraction of sp³-hybridized carbons (Fsp3) is 0.400. The van der Waals surface area contributed by atoms with Gasteiger partial charge in [-0.25, -0.2) is 0 Å². The summed E-state index contributed by atoms with van der Waals surface area (Å²) < 4.78 is 0. The first-order chi connectivity index (χ1) is 9.21. The van der Waals surface area contributed by atoms with Crippen molar-refractivity contribution in [1.29, 1.82) is 0 Å². The highest BCUT2D eigenvalue weighted by atomic mass is 14.2. The second-order valence-electron chi connectivity index (χ2n) is 7.36. The van der Waals surface area contributed by atoms with Crippen molar-refractivity contribution in [3.05, 3.63) is 71.8 Å². The molecule has 108 valence electrons. The Morgan fingerprint density at radius 3 is 1.00 bits per heavy atom. The number of hydrogen-bond acceptors (Lipinski definition) is 0. The Balaban J connectivity index is 0.000000347. The lowest BCUT2D eigenvalue weighted by Crippen LogP contribution is -2.18. The molecule has 0 unspecified atom stereocenters. The molecule has 0 fully saturated rings. The summed E-state index contributed by atoms with van der Waals surface area (Å²) in [7, 11) is 0. The Kier molecular flexibility index (Phi) is 5.56. The lowest BCUT2D eigenvalue weighted by molar-refractivity contribution is 0.469. The zero-order chi connectivity index (χ0) is 15.2. The molecule has 0 heterocycles. The normalized spacial score (nSPS) is 11.5. The van der Waals surface area contributed by atoms with Crippen LogP contribution in [-0.2, 0) is 5.41 Å². The van der Waals surface area contributed by atoms with Gasteiger partial charge < -0.3 is 0 Å². The molecule has 0 N–H and O–H groups in total. The molecule has 2 rings (SSSR count). The predicted octanol–water partition coefficient (Wildman–Crippen LogP) is 6.06. The van der Waals surface area contributed by atoms with Gasteiger partial charge in [0.15, 0.2) is 0 Å². The summed E-state index contributed by atoms with van der Waals surface area (Å²) in [6, 6.07) is 21.3. The maximum Gasteiger partial charge on any atom is 0.0146 e. The Bertz CT molecular complexity index is 439. The van der Waals surface area contributed by atoms with Gasteiger partial charge in [0.25, 0.3) is 0 Å². The summed E-state index contributed by atoms with van der Waals surface area (Å²) in [4.78, 5) is 0. The third kappa shape index (κ3) is 5.61. The molecule has 0 aliphatic carbocycles. The summed E-state index contributed by atoms with van der Waals surface area (Å²) in [5.74, 6) is 0. The van der Waals surface area contributed by atoms with Crippen molar-refractivity contribution < 1.29 is 0 Å². The lowest BCUT2D eigenvalue weighted by atomic mass is 9.78. The van der Waals surface area contributed by atoms with Gasteiger partial charge in [-0.15, -0.1) is 0 Å². The Labute approximate surface area is 124 Å². The molecule has 2 aromatic carbocycles. The summed E-state index contributed by atoms with van der Waals surface area (Å²) in [5, 5.41) is 0. The van der Waals surface area contributed by atoms with Crippen molar-refractivity contribution in [1.82, 2.24) is 0 Å². The first-order valence-corrected chi connectivity index (χ1v) is 7.32. The quantitative estimate of drug-likeness (QED) is 0.620. The van der Waals surface area contributed by atoms with Crippen LogP contribution < -0.4 is 0 Å². The van der Waals surface area contributed by atoms with E-state index in [1.807, 2.05) is 0 Å². The third-order valence-electron chi connectivity index (χ3n) is 2.99. The predicted molar refractivity (Wildman–Crippen MR) is 90.1 cm³/mol. The smallest absolute Gasteiger partial charge is 0.0146 e.